The van der Waals surface area contributed by atoms with E-state index in [4.69, 9.17) is 15.2 Å². The molecule has 0 saturated heterocycles. The summed E-state index contributed by atoms with van der Waals surface area (Å²) >= 11 is 0. The molecular weight excluding hydrogens is 275 g/mol. The molecule has 0 unspecified atom stereocenters. The maximum atomic E-state index is 13.1. The average molecular weight is 292 g/mol. The van der Waals surface area contributed by atoms with Gasteiger partial charge in [-0.05, 0) is 24.3 Å². The summed E-state index contributed by atoms with van der Waals surface area (Å²) in [6.07, 6.45) is 0. The topological polar surface area (TPSA) is 68.0 Å². The summed E-state index contributed by atoms with van der Waals surface area (Å²) in [4.78, 5) is 0. The Hall–Kier alpha value is -2.47. The van der Waals surface area contributed by atoms with E-state index in [9.17, 15) is 9.60 Å². The molecule has 0 aliphatic carbocycles. The number of benzene rings is 2. The van der Waals surface area contributed by atoms with E-state index in [1.165, 1.54) is 25.2 Å². The van der Waals surface area contributed by atoms with Gasteiger partial charge in [-0.15, -0.1) is 0 Å². The van der Waals surface area contributed by atoms with E-state index in [2.05, 4.69) is 0 Å². The van der Waals surface area contributed by atoms with Crippen molar-refractivity contribution < 1.29 is 19.1 Å². The van der Waals surface area contributed by atoms with Crippen LogP contribution < -0.4 is 20.3 Å². The van der Waals surface area contributed by atoms with Gasteiger partial charge in [0.15, 0.2) is 0 Å². The molecule has 0 atom stereocenters. The van der Waals surface area contributed by atoms with Gasteiger partial charge in [0.25, 0.3) is 0 Å². The number of hydrogen-bond acceptors (Lipinski definition) is 5. The molecule has 0 aromatic heterocycles. The maximum absolute atomic E-state index is 13.1. The van der Waals surface area contributed by atoms with Crippen LogP contribution in [0, 0.1) is 5.82 Å². The SMILES string of the molecule is CN(O)c1ccccc1OCCOc1cc(F)ccc1N. The number of rotatable bonds is 6. The number of nitrogen functional groups attached to an aromatic ring is 1. The smallest absolute Gasteiger partial charge is 0.145 e. The molecule has 0 bridgehead atoms. The molecule has 0 saturated carbocycles. The lowest BCUT2D eigenvalue weighted by Gasteiger charge is -2.16. The molecule has 2 rings (SSSR count). The Labute approximate surface area is 122 Å². The Balaban J connectivity index is 1.89. The number of hydrogen-bond donors (Lipinski definition) is 2. The Morgan fingerprint density at radius 1 is 1.10 bits per heavy atom. The Bertz CT molecular complexity index is 605. The summed E-state index contributed by atoms with van der Waals surface area (Å²) < 4.78 is 24.0. The second-order valence-electron chi connectivity index (χ2n) is 4.37. The minimum absolute atomic E-state index is 0.205. The van der Waals surface area contributed by atoms with Crippen molar-refractivity contribution in [3.8, 4) is 11.5 Å². The molecule has 112 valence electrons. The number of nitrogens with zero attached hydrogens (tertiary/aromatic N) is 1. The fourth-order valence-corrected chi connectivity index (χ4v) is 1.78. The second-order valence-corrected chi connectivity index (χ2v) is 4.37. The van der Waals surface area contributed by atoms with Gasteiger partial charge < -0.3 is 15.2 Å². The van der Waals surface area contributed by atoms with Gasteiger partial charge in [-0.3, -0.25) is 10.3 Å². The van der Waals surface area contributed by atoms with Crippen molar-refractivity contribution in [2.24, 2.45) is 0 Å². The molecule has 6 heteroatoms. The monoisotopic (exact) mass is 292 g/mol. The number of ether oxygens (including phenoxy) is 2. The molecule has 0 radical (unpaired) electrons. The van der Waals surface area contributed by atoms with Gasteiger partial charge in [0.1, 0.15) is 36.2 Å². The lowest BCUT2D eigenvalue weighted by atomic mass is 10.3. The molecule has 21 heavy (non-hydrogen) atoms. The number of nitrogens with two attached hydrogens (primary N) is 1. The molecular formula is C15H17FN2O3. The third kappa shape index (κ3) is 4.00. The van der Waals surface area contributed by atoms with Crippen molar-refractivity contribution in [1.82, 2.24) is 0 Å². The van der Waals surface area contributed by atoms with Crippen LogP contribution in [0.25, 0.3) is 0 Å². The molecule has 0 amide bonds. The first-order valence-corrected chi connectivity index (χ1v) is 6.40. The molecule has 0 aliphatic rings. The van der Waals surface area contributed by atoms with Crippen LogP contribution in [0.15, 0.2) is 42.5 Å². The first-order valence-electron chi connectivity index (χ1n) is 6.40. The minimum Gasteiger partial charge on any atom is -0.488 e. The predicted octanol–water partition coefficient (Wildman–Crippen LogP) is 2.69. The van der Waals surface area contributed by atoms with Gasteiger partial charge in [0, 0.05) is 13.1 Å². The fraction of sp³-hybridized carbons (Fsp3) is 0.200. The van der Waals surface area contributed by atoms with Crippen LogP contribution in [0.1, 0.15) is 0 Å². The highest BCUT2D eigenvalue weighted by Crippen LogP contribution is 2.26. The van der Waals surface area contributed by atoms with Crippen LogP contribution >= 0.6 is 0 Å². The molecule has 0 fully saturated rings. The van der Waals surface area contributed by atoms with Crippen molar-refractivity contribution >= 4 is 11.4 Å². The Morgan fingerprint density at radius 3 is 2.48 bits per heavy atom. The summed E-state index contributed by atoms with van der Waals surface area (Å²) in [6.45, 7) is 0.442. The van der Waals surface area contributed by atoms with E-state index < -0.39 is 5.82 Å². The van der Waals surface area contributed by atoms with Crippen molar-refractivity contribution in [2.45, 2.75) is 0 Å². The van der Waals surface area contributed by atoms with Crippen molar-refractivity contribution in [3.63, 3.8) is 0 Å². The molecule has 3 N–H and O–H groups in total. The lowest BCUT2D eigenvalue weighted by molar-refractivity contribution is 0.213. The largest absolute Gasteiger partial charge is 0.488 e. The van der Waals surface area contributed by atoms with Crippen LogP contribution in [0.4, 0.5) is 15.8 Å². The molecule has 2 aromatic carbocycles. The summed E-state index contributed by atoms with van der Waals surface area (Å²) in [7, 11) is 1.51. The third-order valence-corrected chi connectivity index (χ3v) is 2.79. The van der Waals surface area contributed by atoms with Crippen LogP contribution in [-0.4, -0.2) is 25.5 Å². The fourth-order valence-electron chi connectivity index (χ4n) is 1.78. The summed E-state index contributed by atoms with van der Waals surface area (Å²) in [5, 5.41) is 10.4. The molecule has 0 heterocycles. The Morgan fingerprint density at radius 2 is 1.76 bits per heavy atom. The molecule has 2 aromatic rings. The molecule has 0 spiro atoms. The lowest BCUT2D eigenvalue weighted by Crippen LogP contribution is -2.14. The zero-order chi connectivity index (χ0) is 15.2. The van der Waals surface area contributed by atoms with Crippen molar-refractivity contribution in [1.29, 1.82) is 0 Å². The van der Waals surface area contributed by atoms with E-state index in [0.29, 0.717) is 17.1 Å². The highest BCUT2D eigenvalue weighted by atomic mass is 19.1. The van der Waals surface area contributed by atoms with Gasteiger partial charge in [0.2, 0.25) is 0 Å². The number of anilines is 2. The number of hydroxylamine groups is 1. The highest BCUT2D eigenvalue weighted by Gasteiger charge is 2.06. The van der Waals surface area contributed by atoms with Crippen molar-refractivity contribution in [2.75, 3.05) is 31.1 Å². The first kappa shape index (κ1) is 14.9. The van der Waals surface area contributed by atoms with E-state index in [1.54, 1.807) is 24.3 Å². The first-order chi connectivity index (χ1) is 10.1. The van der Waals surface area contributed by atoms with Gasteiger partial charge >= 0.3 is 0 Å². The van der Waals surface area contributed by atoms with Crippen LogP contribution in [-0.2, 0) is 0 Å². The van der Waals surface area contributed by atoms with Crippen LogP contribution in [0.5, 0.6) is 11.5 Å². The number of para-hydroxylation sites is 2. The maximum Gasteiger partial charge on any atom is 0.145 e. The number of halogens is 1. The average Bonchev–Trinajstić information content (AvgIpc) is 2.47. The zero-order valence-corrected chi connectivity index (χ0v) is 11.6. The van der Waals surface area contributed by atoms with E-state index in [0.717, 1.165) is 5.06 Å². The predicted molar refractivity (Wildman–Crippen MR) is 78.4 cm³/mol. The zero-order valence-electron chi connectivity index (χ0n) is 11.6. The second kappa shape index (κ2) is 6.81. The van der Waals surface area contributed by atoms with Gasteiger partial charge in [-0.25, -0.2) is 4.39 Å². The van der Waals surface area contributed by atoms with E-state index in [1.807, 2.05) is 0 Å². The normalized spacial score (nSPS) is 10.2. The minimum atomic E-state index is -0.410. The van der Waals surface area contributed by atoms with Gasteiger partial charge in [-0.2, -0.15) is 0 Å². The van der Waals surface area contributed by atoms with Crippen LogP contribution in [0.3, 0.4) is 0 Å². The quantitative estimate of drug-likeness (QED) is 0.487. The van der Waals surface area contributed by atoms with E-state index in [-0.39, 0.29) is 19.0 Å². The standard InChI is InChI=1S/C15H17FN2O3/c1-18(19)13-4-2-3-5-14(13)20-8-9-21-15-10-11(16)6-7-12(15)17/h2-7,10,19H,8-9,17H2,1H3. The summed E-state index contributed by atoms with van der Waals surface area (Å²) in [5.74, 6) is 0.400. The highest BCUT2D eigenvalue weighted by molar-refractivity contribution is 5.56. The third-order valence-electron chi connectivity index (χ3n) is 2.79. The summed E-state index contributed by atoms with van der Waals surface area (Å²) in [6, 6.07) is 11.0. The summed E-state index contributed by atoms with van der Waals surface area (Å²) in [5.41, 5.74) is 6.59. The molecule has 5 nitrogen and oxygen atoms in total. The van der Waals surface area contributed by atoms with Crippen molar-refractivity contribution in [3.05, 3.63) is 48.3 Å². The van der Waals surface area contributed by atoms with Crippen LogP contribution in [0.2, 0.25) is 0 Å². The van der Waals surface area contributed by atoms with Gasteiger partial charge in [0.05, 0.1) is 5.69 Å². The van der Waals surface area contributed by atoms with E-state index >= 15 is 0 Å². The van der Waals surface area contributed by atoms with Gasteiger partial charge in [-0.1, -0.05) is 12.1 Å². The Kier molecular flexibility index (Phi) is 4.84. The molecule has 0 aliphatic heterocycles.